The van der Waals surface area contributed by atoms with Gasteiger partial charge in [-0.1, -0.05) is 41.7 Å². The molecule has 0 aliphatic rings. The molecule has 25 heavy (non-hydrogen) atoms. The quantitative estimate of drug-likeness (QED) is 0.511. The summed E-state index contributed by atoms with van der Waals surface area (Å²) in [5.74, 6) is 0. The Bertz CT molecular complexity index is 1100. The minimum absolute atomic E-state index is 0.198. The van der Waals surface area contributed by atoms with Crippen molar-refractivity contribution in [3.8, 4) is 5.69 Å². The van der Waals surface area contributed by atoms with Gasteiger partial charge >= 0.3 is 0 Å². The average Bonchev–Trinajstić information content (AvgIpc) is 3.13. The molecule has 0 aliphatic carbocycles. The van der Waals surface area contributed by atoms with Crippen molar-refractivity contribution < 1.29 is 0 Å². The van der Waals surface area contributed by atoms with E-state index in [9.17, 15) is 4.79 Å². The monoisotopic (exact) mass is 349 g/mol. The molecule has 0 aliphatic heterocycles. The van der Waals surface area contributed by atoms with E-state index in [0.717, 1.165) is 21.6 Å². The topological polar surface area (TPSA) is 64.5 Å². The van der Waals surface area contributed by atoms with Gasteiger partial charge in [-0.3, -0.25) is 9.48 Å². The number of fused-ring (bicyclic) bond motifs is 1. The first kappa shape index (κ1) is 15.5. The minimum atomic E-state index is -0.198. The summed E-state index contributed by atoms with van der Waals surface area (Å²) in [5.41, 5.74) is 2.55. The molecular weight excluding hydrogens is 334 g/mol. The number of azo groups is 1. The Morgan fingerprint density at radius 3 is 2.48 bits per heavy atom. The van der Waals surface area contributed by atoms with Crippen LogP contribution in [0.15, 0.2) is 69.6 Å². The van der Waals surface area contributed by atoms with Crippen LogP contribution in [0.4, 0.5) is 10.8 Å². The van der Waals surface area contributed by atoms with Crippen LogP contribution < -0.4 is 5.56 Å². The Labute approximate surface area is 147 Å². The van der Waals surface area contributed by atoms with Crippen LogP contribution in [0.5, 0.6) is 0 Å². The average molecular weight is 349 g/mol. The van der Waals surface area contributed by atoms with Crippen molar-refractivity contribution in [2.24, 2.45) is 17.3 Å². The molecule has 2 aromatic heterocycles. The summed E-state index contributed by atoms with van der Waals surface area (Å²) in [6.07, 6.45) is 0. The van der Waals surface area contributed by atoms with Crippen LogP contribution in [0.2, 0.25) is 0 Å². The molecule has 0 radical (unpaired) electrons. The molecule has 0 saturated heterocycles. The van der Waals surface area contributed by atoms with Crippen LogP contribution >= 0.6 is 11.3 Å². The Kier molecular flexibility index (Phi) is 3.77. The fourth-order valence-electron chi connectivity index (χ4n) is 2.66. The Morgan fingerprint density at radius 2 is 1.72 bits per heavy atom. The van der Waals surface area contributed by atoms with Gasteiger partial charge in [0, 0.05) is 7.05 Å². The number of thiazole rings is 1. The zero-order chi connectivity index (χ0) is 17.4. The maximum absolute atomic E-state index is 12.8. The Morgan fingerprint density at radius 1 is 1.00 bits per heavy atom. The maximum atomic E-state index is 12.8. The second-order valence-corrected chi connectivity index (χ2v) is 6.58. The summed E-state index contributed by atoms with van der Waals surface area (Å²) in [6.45, 7) is 1.85. The van der Waals surface area contributed by atoms with Crippen LogP contribution in [0.3, 0.4) is 0 Å². The van der Waals surface area contributed by atoms with Gasteiger partial charge in [0.05, 0.1) is 21.6 Å². The third kappa shape index (κ3) is 2.68. The predicted molar refractivity (Wildman–Crippen MR) is 99.5 cm³/mol. The maximum Gasteiger partial charge on any atom is 0.299 e. The number of hydrogen-bond donors (Lipinski definition) is 0. The van der Waals surface area contributed by atoms with Crippen molar-refractivity contribution in [2.75, 3.05) is 0 Å². The highest BCUT2D eigenvalue weighted by atomic mass is 32.1. The smallest absolute Gasteiger partial charge is 0.283 e. The standard InChI is InChI=1S/C18H15N5OS/c1-12-16(17(24)23(22(12)2)13-8-4-3-5-9-13)20-21-18-19-14-10-6-7-11-15(14)25-18/h3-11H,1-2H3. The van der Waals surface area contributed by atoms with Gasteiger partial charge < -0.3 is 0 Å². The molecule has 0 spiro atoms. The molecule has 0 atom stereocenters. The fourth-order valence-corrected chi connectivity index (χ4v) is 3.45. The first-order chi connectivity index (χ1) is 12.1. The highest BCUT2D eigenvalue weighted by Crippen LogP contribution is 2.29. The van der Waals surface area contributed by atoms with Crippen LogP contribution in [0, 0.1) is 6.92 Å². The van der Waals surface area contributed by atoms with Gasteiger partial charge in [-0.05, 0) is 31.2 Å². The van der Waals surface area contributed by atoms with Crippen molar-refractivity contribution in [1.29, 1.82) is 0 Å². The third-order valence-electron chi connectivity index (χ3n) is 4.04. The molecule has 0 bridgehead atoms. The van der Waals surface area contributed by atoms with Crippen molar-refractivity contribution in [3.63, 3.8) is 0 Å². The predicted octanol–water partition coefficient (Wildman–Crippen LogP) is 4.51. The molecule has 0 saturated carbocycles. The van der Waals surface area contributed by atoms with Crippen molar-refractivity contribution in [3.05, 3.63) is 70.6 Å². The van der Waals surface area contributed by atoms with Crippen LogP contribution in [0.25, 0.3) is 15.9 Å². The number of rotatable bonds is 3. The number of nitrogens with zero attached hydrogens (tertiary/aromatic N) is 5. The molecule has 6 nitrogen and oxygen atoms in total. The van der Waals surface area contributed by atoms with Gasteiger partial charge in [0.15, 0.2) is 5.69 Å². The van der Waals surface area contributed by atoms with Crippen LogP contribution in [-0.4, -0.2) is 14.3 Å². The molecular formula is C18H15N5OS. The molecule has 4 aromatic rings. The summed E-state index contributed by atoms with van der Waals surface area (Å²) in [5, 5.41) is 8.92. The van der Waals surface area contributed by atoms with Crippen molar-refractivity contribution >= 4 is 32.4 Å². The molecule has 124 valence electrons. The van der Waals surface area contributed by atoms with E-state index in [2.05, 4.69) is 15.2 Å². The SMILES string of the molecule is Cc1c(N=Nc2nc3ccccc3s2)c(=O)n(-c2ccccc2)n1C. The van der Waals surface area contributed by atoms with Gasteiger partial charge in [-0.25, -0.2) is 9.67 Å². The molecule has 0 N–H and O–H groups in total. The minimum Gasteiger partial charge on any atom is -0.283 e. The molecule has 2 aromatic carbocycles. The van der Waals surface area contributed by atoms with Gasteiger partial charge in [-0.2, -0.15) is 0 Å². The van der Waals surface area contributed by atoms with Crippen molar-refractivity contribution in [2.45, 2.75) is 6.92 Å². The van der Waals surface area contributed by atoms with E-state index in [-0.39, 0.29) is 5.56 Å². The summed E-state index contributed by atoms with van der Waals surface area (Å²) in [7, 11) is 1.83. The van der Waals surface area contributed by atoms with Gasteiger partial charge in [0.1, 0.15) is 0 Å². The number of aromatic nitrogens is 3. The lowest BCUT2D eigenvalue weighted by Gasteiger charge is -2.07. The normalized spacial score (nSPS) is 11.6. The zero-order valence-electron chi connectivity index (χ0n) is 13.7. The van der Waals surface area contributed by atoms with Gasteiger partial charge in [0.25, 0.3) is 5.56 Å². The van der Waals surface area contributed by atoms with E-state index < -0.39 is 0 Å². The second kappa shape index (κ2) is 6.10. The fraction of sp³-hybridized carbons (Fsp3) is 0.111. The molecule has 0 amide bonds. The highest BCUT2D eigenvalue weighted by Gasteiger charge is 2.16. The second-order valence-electron chi connectivity index (χ2n) is 5.57. The van der Waals surface area contributed by atoms with E-state index in [4.69, 9.17) is 0 Å². The lowest BCUT2D eigenvalue weighted by atomic mass is 10.3. The van der Waals surface area contributed by atoms with E-state index >= 15 is 0 Å². The summed E-state index contributed by atoms with van der Waals surface area (Å²) in [4.78, 5) is 17.2. The van der Waals surface area contributed by atoms with E-state index in [1.54, 1.807) is 9.36 Å². The first-order valence-electron chi connectivity index (χ1n) is 7.76. The van der Waals surface area contributed by atoms with Crippen molar-refractivity contribution in [1.82, 2.24) is 14.3 Å². The van der Waals surface area contributed by atoms with Gasteiger partial charge in [0.2, 0.25) is 5.13 Å². The molecule has 2 heterocycles. The van der Waals surface area contributed by atoms with E-state index in [1.807, 2.05) is 68.6 Å². The third-order valence-corrected chi connectivity index (χ3v) is 4.96. The number of benzene rings is 2. The summed E-state index contributed by atoms with van der Waals surface area (Å²) >= 11 is 1.45. The molecule has 0 unspecified atom stereocenters. The van der Waals surface area contributed by atoms with E-state index in [0.29, 0.717) is 10.8 Å². The van der Waals surface area contributed by atoms with Crippen LogP contribution in [-0.2, 0) is 7.05 Å². The lowest BCUT2D eigenvalue weighted by molar-refractivity contribution is 0.630. The van der Waals surface area contributed by atoms with Crippen LogP contribution in [0.1, 0.15) is 5.69 Å². The number of para-hydroxylation sites is 2. The van der Waals surface area contributed by atoms with E-state index in [1.165, 1.54) is 11.3 Å². The largest absolute Gasteiger partial charge is 0.299 e. The number of hydrogen-bond acceptors (Lipinski definition) is 5. The lowest BCUT2D eigenvalue weighted by Crippen LogP contribution is -2.19. The zero-order valence-corrected chi connectivity index (χ0v) is 14.6. The Hall–Kier alpha value is -3.06. The summed E-state index contributed by atoms with van der Waals surface area (Å²) < 4.78 is 4.41. The molecule has 0 fully saturated rings. The summed E-state index contributed by atoms with van der Waals surface area (Å²) in [6, 6.07) is 17.3. The molecule has 4 rings (SSSR count). The first-order valence-corrected chi connectivity index (χ1v) is 8.58. The Balaban J connectivity index is 1.77. The van der Waals surface area contributed by atoms with Gasteiger partial charge in [-0.15, -0.1) is 10.2 Å². The molecule has 7 heteroatoms. The highest BCUT2D eigenvalue weighted by molar-refractivity contribution is 7.21.